The molecule has 4 nitrogen and oxygen atoms in total. The summed E-state index contributed by atoms with van der Waals surface area (Å²) in [4.78, 5) is 3.98. The summed E-state index contributed by atoms with van der Waals surface area (Å²) in [6, 6.07) is 8.62. The molecule has 2 aromatic rings. The number of hydrogen-bond acceptors (Lipinski definition) is 2. The molecule has 140 valence electrons. The molecule has 0 radical (unpaired) electrons. The van der Waals surface area contributed by atoms with E-state index in [1.807, 2.05) is 0 Å². The van der Waals surface area contributed by atoms with Crippen LogP contribution in [-0.2, 0) is 6.42 Å². The number of benzene rings is 2. The molecule has 0 aliphatic heterocycles. The Morgan fingerprint density at radius 1 is 1.08 bits per heavy atom. The molecule has 0 heterocycles. The van der Waals surface area contributed by atoms with Gasteiger partial charge in [-0.2, -0.15) is 0 Å². The van der Waals surface area contributed by atoms with Gasteiger partial charge in [-0.25, -0.2) is 8.78 Å². The number of alkyl halides is 3. The molecule has 0 bridgehead atoms. The van der Waals surface area contributed by atoms with Gasteiger partial charge in [-0.3, -0.25) is 4.99 Å². The van der Waals surface area contributed by atoms with Crippen LogP contribution in [0.2, 0.25) is 0 Å². The highest BCUT2D eigenvalue weighted by Crippen LogP contribution is 2.29. The lowest BCUT2D eigenvalue weighted by Gasteiger charge is -2.14. The largest absolute Gasteiger partial charge is 0.573 e. The van der Waals surface area contributed by atoms with Gasteiger partial charge in [0, 0.05) is 12.6 Å². The van der Waals surface area contributed by atoms with Gasteiger partial charge in [0.15, 0.2) is 11.7 Å². The van der Waals surface area contributed by atoms with Gasteiger partial charge in [0.25, 0.3) is 0 Å². The Labute approximate surface area is 146 Å². The number of para-hydroxylation sites is 2. The fourth-order valence-corrected chi connectivity index (χ4v) is 2.20. The molecule has 0 fully saturated rings. The van der Waals surface area contributed by atoms with E-state index in [1.165, 1.54) is 30.3 Å². The number of ether oxygens (including phenoxy) is 1. The predicted molar refractivity (Wildman–Crippen MR) is 87.9 cm³/mol. The predicted octanol–water partition coefficient (Wildman–Crippen LogP) is 4.22. The van der Waals surface area contributed by atoms with Crippen LogP contribution in [0.1, 0.15) is 12.0 Å². The van der Waals surface area contributed by atoms with Crippen molar-refractivity contribution in [3.63, 3.8) is 0 Å². The van der Waals surface area contributed by atoms with Crippen LogP contribution in [0.5, 0.6) is 5.75 Å². The summed E-state index contributed by atoms with van der Waals surface area (Å²) < 4.78 is 67.1. The summed E-state index contributed by atoms with van der Waals surface area (Å²) in [6.45, 7) is 0.221. The van der Waals surface area contributed by atoms with Gasteiger partial charge in [0.1, 0.15) is 11.6 Å². The Bertz CT molecular complexity index is 757. The topological polar surface area (TPSA) is 59.6 Å². The number of guanidine groups is 1. The van der Waals surface area contributed by atoms with Gasteiger partial charge in [-0.1, -0.05) is 12.1 Å². The molecule has 0 saturated carbocycles. The molecular formula is C17H16F5N3O. The Morgan fingerprint density at radius 2 is 1.73 bits per heavy atom. The van der Waals surface area contributed by atoms with Crippen molar-refractivity contribution in [2.45, 2.75) is 19.2 Å². The first-order valence-electron chi connectivity index (χ1n) is 7.59. The van der Waals surface area contributed by atoms with Crippen molar-refractivity contribution in [2.24, 2.45) is 10.7 Å². The van der Waals surface area contributed by atoms with E-state index < -0.39 is 23.7 Å². The molecule has 0 spiro atoms. The maximum absolute atomic E-state index is 13.1. The molecule has 2 aromatic carbocycles. The van der Waals surface area contributed by atoms with Gasteiger partial charge in [0.05, 0.1) is 5.69 Å². The average Bonchev–Trinajstić information content (AvgIpc) is 2.51. The molecule has 0 unspecified atom stereocenters. The molecule has 0 aliphatic carbocycles. The van der Waals surface area contributed by atoms with E-state index >= 15 is 0 Å². The fraction of sp³-hybridized carbons (Fsp3) is 0.235. The van der Waals surface area contributed by atoms with E-state index in [2.05, 4.69) is 15.0 Å². The number of nitrogens with one attached hydrogen (secondary N) is 1. The zero-order valence-electron chi connectivity index (χ0n) is 13.5. The lowest BCUT2D eigenvalue weighted by molar-refractivity contribution is -0.274. The number of aliphatic imine (C=N–C) groups is 1. The molecule has 0 amide bonds. The standard InChI is InChI=1S/C17H16F5N3O/c18-12-8-11(9-13(19)10-12)4-3-7-24-16(23)25-14-5-1-2-6-15(14)26-17(20,21)22/h1-2,5-6,8-10H,3-4,7H2,(H3,23,24,25). The van der Waals surface area contributed by atoms with Gasteiger partial charge in [-0.15, -0.1) is 13.2 Å². The van der Waals surface area contributed by atoms with Crippen LogP contribution in [0.15, 0.2) is 47.5 Å². The Kier molecular flexibility index (Phi) is 6.37. The van der Waals surface area contributed by atoms with E-state index in [0.717, 1.165) is 12.1 Å². The quantitative estimate of drug-likeness (QED) is 0.345. The Hall–Kier alpha value is -2.84. The smallest absolute Gasteiger partial charge is 0.404 e. The first-order chi connectivity index (χ1) is 12.2. The third-order valence-electron chi connectivity index (χ3n) is 3.20. The highest BCUT2D eigenvalue weighted by molar-refractivity contribution is 5.93. The van der Waals surface area contributed by atoms with Crippen molar-refractivity contribution in [1.29, 1.82) is 0 Å². The van der Waals surface area contributed by atoms with Crippen molar-refractivity contribution in [1.82, 2.24) is 0 Å². The molecule has 0 aliphatic rings. The van der Waals surface area contributed by atoms with Gasteiger partial charge >= 0.3 is 6.36 Å². The lowest BCUT2D eigenvalue weighted by atomic mass is 10.1. The zero-order valence-corrected chi connectivity index (χ0v) is 13.5. The van der Waals surface area contributed by atoms with Crippen molar-refractivity contribution in [2.75, 3.05) is 11.9 Å². The summed E-state index contributed by atoms with van der Waals surface area (Å²) in [5.41, 5.74) is 6.14. The summed E-state index contributed by atoms with van der Waals surface area (Å²) in [6.07, 6.45) is -4.00. The second-order valence-electron chi connectivity index (χ2n) is 5.32. The summed E-state index contributed by atoms with van der Waals surface area (Å²) in [5, 5.41) is 2.53. The van der Waals surface area contributed by atoms with E-state index in [4.69, 9.17) is 5.73 Å². The van der Waals surface area contributed by atoms with Crippen LogP contribution >= 0.6 is 0 Å². The van der Waals surface area contributed by atoms with Crippen LogP contribution in [0, 0.1) is 11.6 Å². The second kappa shape index (κ2) is 8.50. The lowest BCUT2D eigenvalue weighted by Crippen LogP contribution is -2.24. The van der Waals surface area contributed by atoms with Crippen molar-refractivity contribution >= 4 is 11.6 Å². The Morgan fingerprint density at radius 3 is 2.38 bits per heavy atom. The minimum Gasteiger partial charge on any atom is -0.404 e. The number of nitrogens with two attached hydrogens (primary N) is 1. The molecule has 0 aromatic heterocycles. The highest BCUT2D eigenvalue weighted by atomic mass is 19.4. The van der Waals surface area contributed by atoms with Gasteiger partial charge in [0.2, 0.25) is 0 Å². The van der Waals surface area contributed by atoms with E-state index in [9.17, 15) is 22.0 Å². The molecule has 0 atom stereocenters. The van der Waals surface area contributed by atoms with Crippen LogP contribution in [0.4, 0.5) is 27.6 Å². The minimum absolute atomic E-state index is 0.0123. The monoisotopic (exact) mass is 373 g/mol. The SMILES string of the molecule is NC(=NCCCc1cc(F)cc(F)c1)Nc1ccccc1OC(F)(F)F. The maximum atomic E-state index is 13.1. The van der Waals surface area contributed by atoms with Crippen LogP contribution in [0.25, 0.3) is 0 Å². The maximum Gasteiger partial charge on any atom is 0.573 e. The summed E-state index contributed by atoms with van der Waals surface area (Å²) in [7, 11) is 0. The Balaban J connectivity index is 1.90. The molecular weight excluding hydrogens is 357 g/mol. The average molecular weight is 373 g/mol. The molecule has 2 rings (SSSR count). The van der Waals surface area contributed by atoms with Crippen LogP contribution < -0.4 is 15.8 Å². The fourth-order valence-electron chi connectivity index (χ4n) is 2.20. The highest BCUT2D eigenvalue weighted by Gasteiger charge is 2.32. The third kappa shape index (κ3) is 6.58. The van der Waals surface area contributed by atoms with Gasteiger partial charge < -0.3 is 15.8 Å². The van der Waals surface area contributed by atoms with E-state index in [1.54, 1.807) is 0 Å². The second-order valence-corrected chi connectivity index (χ2v) is 5.32. The van der Waals surface area contributed by atoms with Crippen LogP contribution in [0.3, 0.4) is 0 Å². The van der Waals surface area contributed by atoms with Gasteiger partial charge in [-0.05, 0) is 42.7 Å². The van der Waals surface area contributed by atoms with Crippen molar-refractivity contribution in [3.8, 4) is 5.75 Å². The molecule has 9 heteroatoms. The number of nitrogens with zero attached hydrogens (tertiary/aromatic N) is 1. The molecule has 0 saturated heterocycles. The van der Waals surface area contributed by atoms with E-state index in [0.29, 0.717) is 18.4 Å². The number of rotatable bonds is 6. The summed E-state index contributed by atoms with van der Waals surface area (Å²) >= 11 is 0. The van der Waals surface area contributed by atoms with Crippen molar-refractivity contribution < 1.29 is 26.7 Å². The normalized spacial score (nSPS) is 12.1. The minimum atomic E-state index is -4.83. The number of halogens is 5. The van der Waals surface area contributed by atoms with E-state index in [-0.39, 0.29) is 18.2 Å². The number of hydrogen-bond donors (Lipinski definition) is 2. The number of anilines is 1. The first kappa shape index (κ1) is 19.5. The first-order valence-corrected chi connectivity index (χ1v) is 7.59. The molecule has 26 heavy (non-hydrogen) atoms. The van der Waals surface area contributed by atoms with Crippen LogP contribution in [-0.4, -0.2) is 18.9 Å². The summed E-state index contributed by atoms with van der Waals surface area (Å²) in [5.74, 6) is -1.86. The number of aryl methyl sites for hydroxylation is 1. The van der Waals surface area contributed by atoms with Crippen molar-refractivity contribution in [3.05, 3.63) is 59.7 Å². The zero-order chi connectivity index (χ0) is 19.2. The molecule has 3 N–H and O–H groups in total. The third-order valence-corrected chi connectivity index (χ3v) is 3.20.